The Morgan fingerprint density at radius 1 is 1.43 bits per heavy atom. The molecule has 0 aromatic heterocycles. The summed E-state index contributed by atoms with van der Waals surface area (Å²) in [4.78, 5) is 10.9. The van der Waals surface area contributed by atoms with Gasteiger partial charge >= 0.3 is 6.09 Å². The lowest BCUT2D eigenvalue weighted by Gasteiger charge is -2.15. The number of carbonyl (C=O) groups is 1. The quantitative estimate of drug-likeness (QED) is 0.634. The van der Waals surface area contributed by atoms with Crippen molar-refractivity contribution in [2.45, 2.75) is 6.92 Å². The zero-order valence-electron chi connectivity index (χ0n) is 7.71. The lowest BCUT2D eigenvalue weighted by molar-refractivity contribution is 0.206. The molecule has 0 bridgehead atoms. The summed E-state index contributed by atoms with van der Waals surface area (Å²) in [6, 6.07) is 9.06. The van der Waals surface area contributed by atoms with Gasteiger partial charge < -0.3 is 5.11 Å². The largest absolute Gasteiger partial charge is 0.464 e. The third-order valence-electron chi connectivity index (χ3n) is 1.41. The van der Waals surface area contributed by atoms with E-state index < -0.39 is 6.09 Å². The van der Waals surface area contributed by atoms with E-state index in [0.717, 1.165) is 5.75 Å². The summed E-state index contributed by atoms with van der Waals surface area (Å²) in [5.74, 6) is 0.876. The van der Waals surface area contributed by atoms with Crippen molar-refractivity contribution in [3.8, 4) is 0 Å². The maximum Gasteiger partial charge on any atom is 0.422 e. The fourth-order valence-corrected chi connectivity index (χ4v) is 2.42. The van der Waals surface area contributed by atoms with E-state index in [9.17, 15) is 4.79 Å². The zero-order chi connectivity index (χ0) is 10.4. The molecule has 0 aliphatic rings. The molecule has 14 heavy (non-hydrogen) atoms. The highest BCUT2D eigenvalue weighted by Gasteiger charge is 2.14. The molecular weight excluding hydrogens is 218 g/mol. The first-order valence-electron chi connectivity index (χ1n) is 4.13. The van der Waals surface area contributed by atoms with Gasteiger partial charge in [-0.15, -0.1) is 0 Å². The van der Waals surface area contributed by atoms with Gasteiger partial charge in [-0.3, -0.25) is 0 Å². The molecule has 5 heteroatoms. The molecule has 1 amide bonds. The van der Waals surface area contributed by atoms with E-state index >= 15 is 0 Å². The van der Waals surface area contributed by atoms with Crippen molar-refractivity contribution in [1.29, 1.82) is 0 Å². The third kappa shape index (κ3) is 3.16. The van der Waals surface area contributed by atoms with E-state index in [1.807, 2.05) is 25.1 Å². The average molecular weight is 229 g/mol. The third-order valence-corrected chi connectivity index (χ3v) is 3.74. The van der Waals surface area contributed by atoms with Crippen molar-refractivity contribution in [1.82, 2.24) is 0 Å². The second-order valence-electron chi connectivity index (χ2n) is 2.39. The van der Waals surface area contributed by atoms with Crippen LogP contribution in [0.4, 0.5) is 10.5 Å². The highest BCUT2D eigenvalue weighted by Crippen LogP contribution is 2.30. The molecule has 0 unspecified atom stereocenters. The summed E-state index contributed by atoms with van der Waals surface area (Å²) in [6.45, 7) is 1.99. The monoisotopic (exact) mass is 229 g/mol. The summed E-state index contributed by atoms with van der Waals surface area (Å²) in [7, 11) is 2.73. The Morgan fingerprint density at radius 3 is 2.57 bits per heavy atom. The molecule has 1 aromatic carbocycles. The number of hydrogen-bond donors (Lipinski definition) is 1. The average Bonchev–Trinajstić information content (AvgIpc) is 2.19. The molecule has 1 aromatic rings. The summed E-state index contributed by atoms with van der Waals surface area (Å²) in [6.07, 6.45) is -0.942. The first kappa shape index (κ1) is 11.3. The fourth-order valence-electron chi connectivity index (χ4n) is 0.854. The number of amides is 1. The molecule has 0 spiro atoms. The maximum atomic E-state index is 10.9. The predicted molar refractivity (Wildman–Crippen MR) is 62.7 cm³/mol. The molecule has 0 saturated carbocycles. The molecule has 0 heterocycles. The molecule has 1 N–H and O–H groups in total. The van der Waals surface area contributed by atoms with Crippen LogP contribution >= 0.6 is 21.8 Å². The number of carboxylic acid groups (broad SMARTS) is 1. The van der Waals surface area contributed by atoms with Gasteiger partial charge in [-0.25, -0.2) is 9.10 Å². The number of benzene rings is 1. The minimum atomic E-state index is -0.942. The predicted octanol–water partition coefficient (Wildman–Crippen LogP) is 3.49. The first-order chi connectivity index (χ1) is 6.75. The van der Waals surface area contributed by atoms with Crippen molar-refractivity contribution >= 4 is 33.6 Å². The summed E-state index contributed by atoms with van der Waals surface area (Å²) in [5.41, 5.74) is 0.686. The van der Waals surface area contributed by atoms with E-state index in [1.165, 1.54) is 26.1 Å². The molecule has 0 saturated heterocycles. The Morgan fingerprint density at radius 2 is 2.07 bits per heavy atom. The van der Waals surface area contributed by atoms with Gasteiger partial charge in [0.25, 0.3) is 0 Å². The number of hydrogen-bond acceptors (Lipinski definition) is 3. The standard InChI is InChI=1S/C9H11NO2S2/c1-2-13-14-10(9(11)12)8-6-4-3-5-7-8/h3-7H,2H2,1H3,(H,11,12). The maximum absolute atomic E-state index is 10.9. The SMILES string of the molecule is CCSSN(C(=O)O)c1ccccc1. The lowest BCUT2D eigenvalue weighted by Crippen LogP contribution is -2.20. The van der Waals surface area contributed by atoms with Crippen LogP contribution < -0.4 is 4.31 Å². The van der Waals surface area contributed by atoms with Gasteiger partial charge in [0.2, 0.25) is 0 Å². The minimum Gasteiger partial charge on any atom is -0.464 e. The zero-order valence-corrected chi connectivity index (χ0v) is 9.35. The van der Waals surface area contributed by atoms with Crippen molar-refractivity contribution in [2.24, 2.45) is 0 Å². The van der Waals surface area contributed by atoms with Crippen LogP contribution in [0.25, 0.3) is 0 Å². The van der Waals surface area contributed by atoms with E-state index in [2.05, 4.69) is 0 Å². The molecular formula is C9H11NO2S2. The van der Waals surface area contributed by atoms with Gasteiger partial charge in [0.15, 0.2) is 0 Å². The minimum absolute atomic E-state index is 0.686. The summed E-state index contributed by atoms with van der Waals surface area (Å²) >= 11 is 0. The highest BCUT2D eigenvalue weighted by atomic mass is 33.1. The van der Waals surface area contributed by atoms with Crippen molar-refractivity contribution in [3.05, 3.63) is 30.3 Å². The fraction of sp³-hybridized carbons (Fsp3) is 0.222. The van der Waals surface area contributed by atoms with Crippen LogP contribution in [-0.4, -0.2) is 17.0 Å². The molecule has 0 radical (unpaired) electrons. The highest BCUT2D eigenvalue weighted by molar-refractivity contribution is 8.77. The van der Waals surface area contributed by atoms with Crippen molar-refractivity contribution < 1.29 is 9.90 Å². The molecule has 76 valence electrons. The number of nitrogens with zero attached hydrogens (tertiary/aromatic N) is 1. The normalized spacial score (nSPS) is 9.79. The molecule has 0 aliphatic carbocycles. The van der Waals surface area contributed by atoms with E-state index in [4.69, 9.17) is 5.11 Å². The van der Waals surface area contributed by atoms with Crippen LogP contribution in [0.3, 0.4) is 0 Å². The van der Waals surface area contributed by atoms with Gasteiger partial charge in [-0.2, -0.15) is 0 Å². The van der Waals surface area contributed by atoms with Crippen LogP contribution in [-0.2, 0) is 0 Å². The Hall–Kier alpha value is -0.810. The first-order valence-corrected chi connectivity index (χ1v) is 6.41. The van der Waals surface area contributed by atoms with Crippen LogP contribution in [0.15, 0.2) is 30.3 Å². The molecule has 3 nitrogen and oxygen atoms in total. The number of rotatable bonds is 4. The van der Waals surface area contributed by atoms with E-state index in [0.29, 0.717) is 5.69 Å². The van der Waals surface area contributed by atoms with Gasteiger partial charge in [0.1, 0.15) is 0 Å². The van der Waals surface area contributed by atoms with Crippen LogP contribution in [0, 0.1) is 0 Å². The lowest BCUT2D eigenvalue weighted by atomic mass is 10.3. The smallest absolute Gasteiger partial charge is 0.422 e. The molecule has 0 atom stereocenters. The van der Waals surface area contributed by atoms with Crippen LogP contribution in [0.5, 0.6) is 0 Å². The summed E-state index contributed by atoms with van der Waals surface area (Å²) in [5, 5.41) is 8.95. The molecule has 0 fully saturated rings. The number of para-hydroxylation sites is 1. The second-order valence-corrected chi connectivity index (χ2v) is 4.88. The summed E-state index contributed by atoms with van der Waals surface area (Å²) < 4.78 is 1.26. The van der Waals surface area contributed by atoms with Crippen LogP contribution in [0.1, 0.15) is 6.92 Å². The Labute approximate surface area is 91.0 Å². The Balaban J connectivity index is 2.73. The van der Waals surface area contributed by atoms with Gasteiger partial charge in [0, 0.05) is 16.7 Å². The second kappa shape index (κ2) is 5.82. The van der Waals surface area contributed by atoms with Gasteiger partial charge in [0.05, 0.1) is 5.69 Å². The van der Waals surface area contributed by atoms with Crippen LogP contribution in [0.2, 0.25) is 0 Å². The van der Waals surface area contributed by atoms with Crippen molar-refractivity contribution in [2.75, 3.05) is 10.1 Å². The van der Waals surface area contributed by atoms with Gasteiger partial charge in [-0.1, -0.05) is 35.9 Å². The van der Waals surface area contributed by atoms with E-state index in [-0.39, 0.29) is 0 Å². The Kier molecular flexibility index (Phi) is 4.69. The van der Waals surface area contributed by atoms with Crippen molar-refractivity contribution in [3.63, 3.8) is 0 Å². The topological polar surface area (TPSA) is 40.5 Å². The Bertz CT molecular complexity index is 292. The number of anilines is 1. The van der Waals surface area contributed by atoms with E-state index in [1.54, 1.807) is 12.1 Å². The molecule has 1 rings (SSSR count). The van der Waals surface area contributed by atoms with Gasteiger partial charge in [-0.05, 0) is 12.1 Å². The molecule has 0 aliphatic heterocycles.